The molecule has 17 heavy (non-hydrogen) atoms. The maximum Gasteiger partial charge on any atom is 0.256 e. The molecule has 0 saturated carbocycles. The van der Waals surface area contributed by atoms with Crippen molar-refractivity contribution in [3.8, 4) is 0 Å². The van der Waals surface area contributed by atoms with E-state index in [1.165, 1.54) is 0 Å². The second-order valence-electron chi connectivity index (χ2n) is 3.30. The van der Waals surface area contributed by atoms with E-state index in [0.717, 1.165) is 4.47 Å². The Hall–Kier alpha value is -1.39. The molecular weight excluding hydrogens is 304 g/mol. The van der Waals surface area contributed by atoms with Gasteiger partial charge in [-0.15, -0.1) is 0 Å². The van der Waals surface area contributed by atoms with Gasteiger partial charge in [-0.3, -0.25) is 4.79 Å². The van der Waals surface area contributed by atoms with Crippen LogP contribution in [0, 0.1) is 0 Å². The lowest BCUT2D eigenvalue weighted by Crippen LogP contribution is -2.13. The highest BCUT2D eigenvalue weighted by atomic mass is 79.9. The van der Waals surface area contributed by atoms with E-state index in [1.54, 1.807) is 42.6 Å². The van der Waals surface area contributed by atoms with Crippen LogP contribution < -0.4 is 5.32 Å². The highest BCUT2D eigenvalue weighted by Gasteiger charge is 2.08. The van der Waals surface area contributed by atoms with E-state index in [1.807, 2.05) is 0 Å². The zero-order valence-corrected chi connectivity index (χ0v) is 11.0. The van der Waals surface area contributed by atoms with Gasteiger partial charge in [0.05, 0.1) is 4.47 Å². The van der Waals surface area contributed by atoms with Gasteiger partial charge in [-0.25, -0.2) is 4.98 Å². The number of amides is 1. The third kappa shape index (κ3) is 3.05. The van der Waals surface area contributed by atoms with Crippen LogP contribution in [0.3, 0.4) is 0 Å². The number of nitrogens with zero attached hydrogens (tertiary/aromatic N) is 1. The molecule has 2 rings (SSSR count). The van der Waals surface area contributed by atoms with Crippen LogP contribution in [0.5, 0.6) is 0 Å². The molecule has 0 aliphatic rings. The Morgan fingerprint density at radius 2 is 2.12 bits per heavy atom. The zero-order chi connectivity index (χ0) is 12.3. The Morgan fingerprint density at radius 1 is 1.29 bits per heavy atom. The Bertz CT molecular complexity index is 560. The number of halogens is 2. The van der Waals surface area contributed by atoms with Crippen LogP contribution >= 0.6 is 27.5 Å². The zero-order valence-electron chi connectivity index (χ0n) is 8.65. The number of carbonyl (C=O) groups excluding carboxylic acids is 1. The molecule has 0 unspecified atom stereocenters. The molecule has 0 aliphatic heterocycles. The molecular formula is C12H8BrClN2O. The molecule has 0 spiro atoms. The molecule has 0 aliphatic carbocycles. The number of carbonyl (C=O) groups is 1. The lowest BCUT2D eigenvalue weighted by Gasteiger charge is -2.06. The molecule has 5 heteroatoms. The highest BCUT2D eigenvalue weighted by molar-refractivity contribution is 9.10. The molecule has 86 valence electrons. The maximum absolute atomic E-state index is 11.9. The quantitative estimate of drug-likeness (QED) is 0.918. The van der Waals surface area contributed by atoms with Crippen molar-refractivity contribution in [2.45, 2.75) is 0 Å². The van der Waals surface area contributed by atoms with Crippen LogP contribution in [0.4, 0.5) is 5.82 Å². The normalized spacial score (nSPS) is 10.0. The summed E-state index contributed by atoms with van der Waals surface area (Å²) in [5, 5.41) is 3.22. The molecule has 1 amide bonds. The van der Waals surface area contributed by atoms with Gasteiger partial charge in [-0.05, 0) is 46.3 Å². The monoisotopic (exact) mass is 310 g/mol. The second-order valence-corrected chi connectivity index (χ2v) is 4.59. The van der Waals surface area contributed by atoms with Crippen LogP contribution in [0.15, 0.2) is 47.1 Å². The number of anilines is 1. The molecule has 0 saturated heterocycles. The standard InChI is InChI=1S/C12H8BrClN2O/c13-10-5-2-6-15-11(10)16-12(17)8-3-1-4-9(14)7-8/h1-7H,(H,15,16,17). The van der Waals surface area contributed by atoms with Crippen molar-refractivity contribution in [1.82, 2.24) is 4.98 Å². The molecule has 3 nitrogen and oxygen atoms in total. The summed E-state index contributed by atoms with van der Waals surface area (Å²) in [6, 6.07) is 10.3. The first-order valence-corrected chi connectivity index (χ1v) is 6.01. The summed E-state index contributed by atoms with van der Waals surface area (Å²) in [4.78, 5) is 15.9. The summed E-state index contributed by atoms with van der Waals surface area (Å²) in [6.45, 7) is 0. The minimum Gasteiger partial charge on any atom is -0.306 e. The lowest BCUT2D eigenvalue weighted by molar-refractivity contribution is 0.102. The minimum atomic E-state index is -0.244. The number of nitrogens with one attached hydrogen (secondary N) is 1. The van der Waals surface area contributed by atoms with E-state index in [2.05, 4.69) is 26.2 Å². The van der Waals surface area contributed by atoms with Crippen molar-refractivity contribution >= 4 is 39.3 Å². The molecule has 0 fully saturated rings. The maximum atomic E-state index is 11.9. The van der Waals surface area contributed by atoms with Gasteiger partial charge < -0.3 is 5.32 Å². The Kier molecular flexibility index (Phi) is 3.76. The van der Waals surface area contributed by atoms with Gasteiger partial charge in [0.2, 0.25) is 0 Å². The number of aromatic nitrogens is 1. The molecule has 0 bridgehead atoms. The fourth-order valence-corrected chi connectivity index (χ4v) is 1.83. The average Bonchev–Trinajstić information content (AvgIpc) is 2.32. The summed E-state index contributed by atoms with van der Waals surface area (Å²) in [5.41, 5.74) is 0.495. The third-order valence-corrected chi connectivity index (χ3v) is 2.95. The largest absolute Gasteiger partial charge is 0.306 e. The van der Waals surface area contributed by atoms with Crippen molar-refractivity contribution in [3.63, 3.8) is 0 Å². The Morgan fingerprint density at radius 3 is 2.82 bits per heavy atom. The number of benzene rings is 1. The number of rotatable bonds is 2. The molecule has 0 atom stereocenters. The van der Waals surface area contributed by atoms with E-state index < -0.39 is 0 Å². The van der Waals surface area contributed by atoms with E-state index in [9.17, 15) is 4.79 Å². The third-order valence-electron chi connectivity index (χ3n) is 2.08. The smallest absolute Gasteiger partial charge is 0.256 e. The van der Waals surface area contributed by atoms with Crippen LogP contribution in [0.1, 0.15) is 10.4 Å². The van der Waals surface area contributed by atoms with Crippen molar-refractivity contribution < 1.29 is 4.79 Å². The van der Waals surface area contributed by atoms with Crippen LogP contribution in [0.25, 0.3) is 0 Å². The Balaban J connectivity index is 2.20. The number of hydrogen-bond acceptors (Lipinski definition) is 2. The molecule has 1 heterocycles. The summed E-state index contributed by atoms with van der Waals surface area (Å²) in [5.74, 6) is 0.240. The minimum absolute atomic E-state index is 0.244. The summed E-state index contributed by atoms with van der Waals surface area (Å²) >= 11 is 9.13. The van der Waals surface area contributed by atoms with Gasteiger partial charge in [-0.2, -0.15) is 0 Å². The number of hydrogen-bond donors (Lipinski definition) is 1. The number of pyridine rings is 1. The van der Waals surface area contributed by atoms with Gasteiger partial charge in [-0.1, -0.05) is 17.7 Å². The molecule has 2 aromatic rings. The van der Waals surface area contributed by atoms with Crippen molar-refractivity contribution in [2.75, 3.05) is 5.32 Å². The molecule has 1 N–H and O–H groups in total. The van der Waals surface area contributed by atoms with Crippen LogP contribution in [0.2, 0.25) is 5.02 Å². The van der Waals surface area contributed by atoms with Crippen LogP contribution in [-0.4, -0.2) is 10.9 Å². The topological polar surface area (TPSA) is 42.0 Å². The van der Waals surface area contributed by atoms with Gasteiger partial charge in [0.15, 0.2) is 0 Å². The highest BCUT2D eigenvalue weighted by Crippen LogP contribution is 2.19. The van der Waals surface area contributed by atoms with Crippen molar-refractivity contribution in [2.24, 2.45) is 0 Å². The van der Waals surface area contributed by atoms with E-state index in [4.69, 9.17) is 11.6 Å². The SMILES string of the molecule is O=C(Nc1ncccc1Br)c1cccc(Cl)c1. The summed E-state index contributed by atoms with van der Waals surface area (Å²) in [7, 11) is 0. The van der Waals surface area contributed by atoms with Gasteiger partial charge in [0.1, 0.15) is 5.82 Å². The first kappa shape index (κ1) is 12.1. The average molecular weight is 312 g/mol. The summed E-state index contributed by atoms with van der Waals surface area (Å²) in [6.07, 6.45) is 1.61. The Labute approximate surface area is 112 Å². The van der Waals surface area contributed by atoms with Crippen molar-refractivity contribution in [1.29, 1.82) is 0 Å². The van der Waals surface area contributed by atoms with Crippen molar-refractivity contribution in [3.05, 3.63) is 57.7 Å². The first-order chi connectivity index (χ1) is 8.16. The molecule has 0 radical (unpaired) electrons. The van der Waals surface area contributed by atoms with Gasteiger partial charge in [0, 0.05) is 16.8 Å². The summed E-state index contributed by atoms with van der Waals surface area (Å²) < 4.78 is 0.732. The second kappa shape index (κ2) is 5.29. The van der Waals surface area contributed by atoms with Gasteiger partial charge in [0.25, 0.3) is 5.91 Å². The molecule has 1 aromatic heterocycles. The van der Waals surface area contributed by atoms with E-state index >= 15 is 0 Å². The van der Waals surface area contributed by atoms with E-state index in [0.29, 0.717) is 16.4 Å². The fourth-order valence-electron chi connectivity index (χ4n) is 1.29. The fraction of sp³-hybridized carbons (Fsp3) is 0. The van der Waals surface area contributed by atoms with E-state index in [-0.39, 0.29) is 5.91 Å². The van der Waals surface area contributed by atoms with Gasteiger partial charge >= 0.3 is 0 Å². The molecule has 1 aromatic carbocycles. The predicted octanol–water partition coefficient (Wildman–Crippen LogP) is 3.75. The van der Waals surface area contributed by atoms with Crippen LogP contribution in [-0.2, 0) is 0 Å². The lowest BCUT2D eigenvalue weighted by atomic mass is 10.2. The first-order valence-electron chi connectivity index (χ1n) is 4.84. The predicted molar refractivity (Wildman–Crippen MR) is 71.3 cm³/mol.